The molecule has 0 aromatic heterocycles. The average molecular weight is 347 g/mol. The standard InChI is InChI=1S/C25H46/c1-3-21-12-14-24(15-13-21)25-18-16-23(17-19-25)20(2)8-7-11-22-9-5-4-6-10-22/h20-25H,3-19H2,1-2H3/t20?,21-,23?,24-,25?. The Kier molecular flexibility index (Phi) is 8.19. The van der Waals surface area contributed by atoms with Crippen LogP contribution >= 0.6 is 0 Å². The fraction of sp³-hybridized carbons (Fsp3) is 1.00. The van der Waals surface area contributed by atoms with E-state index in [1.54, 1.807) is 70.6 Å². The van der Waals surface area contributed by atoms with Crippen molar-refractivity contribution < 1.29 is 0 Å². The van der Waals surface area contributed by atoms with Crippen LogP contribution in [0.5, 0.6) is 0 Å². The molecule has 146 valence electrons. The summed E-state index contributed by atoms with van der Waals surface area (Å²) in [5.74, 6) is 6.43. The summed E-state index contributed by atoms with van der Waals surface area (Å²) >= 11 is 0. The van der Waals surface area contributed by atoms with Gasteiger partial charge in [-0.15, -0.1) is 0 Å². The zero-order valence-corrected chi connectivity index (χ0v) is 17.5. The Labute approximate surface area is 158 Å². The highest BCUT2D eigenvalue weighted by Crippen LogP contribution is 2.44. The van der Waals surface area contributed by atoms with E-state index in [-0.39, 0.29) is 0 Å². The lowest BCUT2D eigenvalue weighted by Crippen LogP contribution is -2.27. The van der Waals surface area contributed by atoms with Gasteiger partial charge in [0, 0.05) is 0 Å². The molecule has 0 N–H and O–H groups in total. The van der Waals surface area contributed by atoms with Crippen LogP contribution in [-0.2, 0) is 0 Å². The summed E-state index contributed by atoms with van der Waals surface area (Å²) in [4.78, 5) is 0. The Bertz CT molecular complexity index is 337. The van der Waals surface area contributed by atoms with Crippen molar-refractivity contribution in [1.82, 2.24) is 0 Å². The van der Waals surface area contributed by atoms with Crippen LogP contribution in [0.15, 0.2) is 0 Å². The molecular weight excluding hydrogens is 300 g/mol. The Morgan fingerprint density at radius 3 is 1.88 bits per heavy atom. The van der Waals surface area contributed by atoms with Crippen molar-refractivity contribution >= 4 is 0 Å². The van der Waals surface area contributed by atoms with E-state index in [4.69, 9.17) is 0 Å². The van der Waals surface area contributed by atoms with Gasteiger partial charge in [-0.1, -0.05) is 84.5 Å². The van der Waals surface area contributed by atoms with Gasteiger partial charge in [0.25, 0.3) is 0 Å². The zero-order chi connectivity index (χ0) is 17.5. The van der Waals surface area contributed by atoms with Gasteiger partial charge in [-0.2, -0.15) is 0 Å². The Hall–Kier alpha value is 0. The van der Waals surface area contributed by atoms with E-state index in [1.807, 2.05) is 0 Å². The summed E-state index contributed by atoms with van der Waals surface area (Å²) in [5.41, 5.74) is 0. The number of hydrogen-bond donors (Lipinski definition) is 0. The molecule has 0 aliphatic heterocycles. The molecule has 3 aliphatic carbocycles. The molecule has 0 saturated heterocycles. The average Bonchev–Trinajstić information content (AvgIpc) is 2.69. The van der Waals surface area contributed by atoms with Crippen LogP contribution in [0.1, 0.15) is 123 Å². The number of rotatable bonds is 7. The van der Waals surface area contributed by atoms with Crippen molar-refractivity contribution in [1.29, 1.82) is 0 Å². The van der Waals surface area contributed by atoms with Crippen LogP contribution in [0, 0.1) is 35.5 Å². The quantitative estimate of drug-likeness (QED) is 0.434. The van der Waals surface area contributed by atoms with Gasteiger partial charge in [0.1, 0.15) is 0 Å². The van der Waals surface area contributed by atoms with Gasteiger partial charge in [-0.25, -0.2) is 0 Å². The topological polar surface area (TPSA) is 0 Å². The first-order valence-electron chi connectivity index (χ1n) is 12.3. The van der Waals surface area contributed by atoms with Crippen LogP contribution in [-0.4, -0.2) is 0 Å². The van der Waals surface area contributed by atoms with Crippen molar-refractivity contribution in [3.8, 4) is 0 Å². The van der Waals surface area contributed by atoms with E-state index in [0.717, 1.165) is 35.5 Å². The SMILES string of the molecule is CC[C@H]1CC[C@H](C2CCC(C(C)CCCC3CCCCC3)CC2)CC1. The highest BCUT2D eigenvalue weighted by molar-refractivity contribution is 4.83. The number of hydrogen-bond acceptors (Lipinski definition) is 0. The molecule has 3 fully saturated rings. The van der Waals surface area contributed by atoms with Gasteiger partial charge >= 0.3 is 0 Å². The van der Waals surface area contributed by atoms with Crippen LogP contribution in [0.4, 0.5) is 0 Å². The van der Waals surface area contributed by atoms with Crippen molar-refractivity contribution in [2.24, 2.45) is 35.5 Å². The van der Waals surface area contributed by atoms with Crippen molar-refractivity contribution in [2.75, 3.05) is 0 Å². The molecule has 3 rings (SSSR count). The van der Waals surface area contributed by atoms with E-state index in [9.17, 15) is 0 Å². The van der Waals surface area contributed by atoms with Crippen LogP contribution in [0.2, 0.25) is 0 Å². The molecule has 0 heteroatoms. The lowest BCUT2D eigenvalue weighted by Gasteiger charge is -2.39. The van der Waals surface area contributed by atoms with Gasteiger partial charge in [0.15, 0.2) is 0 Å². The molecule has 1 atom stereocenters. The lowest BCUT2D eigenvalue weighted by atomic mass is 9.67. The summed E-state index contributed by atoms with van der Waals surface area (Å²) in [6.45, 7) is 4.98. The maximum Gasteiger partial charge on any atom is -0.0386 e. The summed E-state index contributed by atoms with van der Waals surface area (Å²) < 4.78 is 0. The van der Waals surface area contributed by atoms with E-state index in [2.05, 4.69) is 13.8 Å². The molecule has 0 heterocycles. The fourth-order valence-corrected chi connectivity index (χ4v) is 6.69. The summed E-state index contributed by atoms with van der Waals surface area (Å²) in [6.07, 6.45) is 26.1. The zero-order valence-electron chi connectivity index (χ0n) is 17.5. The minimum atomic E-state index is 1.00. The van der Waals surface area contributed by atoms with Gasteiger partial charge < -0.3 is 0 Å². The maximum atomic E-state index is 2.58. The van der Waals surface area contributed by atoms with E-state index < -0.39 is 0 Å². The van der Waals surface area contributed by atoms with Crippen LogP contribution in [0.3, 0.4) is 0 Å². The van der Waals surface area contributed by atoms with Crippen molar-refractivity contribution in [3.05, 3.63) is 0 Å². The summed E-state index contributed by atoms with van der Waals surface area (Å²) in [6, 6.07) is 0. The molecule has 0 spiro atoms. The molecule has 25 heavy (non-hydrogen) atoms. The first kappa shape index (κ1) is 19.8. The van der Waals surface area contributed by atoms with E-state index in [1.165, 1.54) is 38.5 Å². The monoisotopic (exact) mass is 346 g/mol. The molecule has 0 radical (unpaired) electrons. The minimum Gasteiger partial charge on any atom is -0.0651 e. The molecule has 0 aromatic rings. The third-order valence-corrected chi connectivity index (χ3v) is 8.75. The second kappa shape index (κ2) is 10.4. The highest BCUT2D eigenvalue weighted by atomic mass is 14.4. The highest BCUT2D eigenvalue weighted by Gasteiger charge is 2.31. The maximum absolute atomic E-state index is 2.58. The molecule has 3 aliphatic rings. The first-order valence-corrected chi connectivity index (χ1v) is 12.3. The fourth-order valence-electron chi connectivity index (χ4n) is 6.69. The molecular formula is C25H46. The molecule has 3 saturated carbocycles. The Morgan fingerprint density at radius 1 is 0.680 bits per heavy atom. The van der Waals surface area contributed by atoms with Gasteiger partial charge in [-0.3, -0.25) is 0 Å². The van der Waals surface area contributed by atoms with Crippen LogP contribution in [0.25, 0.3) is 0 Å². The largest absolute Gasteiger partial charge is 0.0651 e. The summed E-state index contributed by atoms with van der Waals surface area (Å²) in [5, 5.41) is 0. The van der Waals surface area contributed by atoms with Gasteiger partial charge in [0.05, 0.1) is 0 Å². The summed E-state index contributed by atoms with van der Waals surface area (Å²) in [7, 11) is 0. The molecule has 1 unspecified atom stereocenters. The first-order chi connectivity index (χ1) is 12.3. The third-order valence-electron chi connectivity index (χ3n) is 8.75. The molecule has 0 aromatic carbocycles. The normalized spacial score (nSPS) is 36.2. The smallest absolute Gasteiger partial charge is 0.0386 e. The molecule has 0 amide bonds. The van der Waals surface area contributed by atoms with E-state index >= 15 is 0 Å². The third kappa shape index (κ3) is 6.00. The molecule has 0 bridgehead atoms. The second-order valence-electron chi connectivity index (χ2n) is 10.3. The van der Waals surface area contributed by atoms with E-state index in [0.29, 0.717) is 0 Å². The second-order valence-corrected chi connectivity index (χ2v) is 10.3. The van der Waals surface area contributed by atoms with Gasteiger partial charge in [-0.05, 0) is 74.0 Å². The van der Waals surface area contributed by atoms with Crippen molar-refractivity contribution in [2.45, 2.75) is 123 Å². The Morgan fingerprint density at radius 2 is 1.28 bits per heavy atom. The predicted octanol–water partition coefficient (Wildman–Crippen LogP) is 8.40. The Balaban J connectivity index is 1.30. The van der Waals surface area contributed by atoms with Gasteiger partial charge in [0.2, 0.25) is 0 Å². The minimum absolute atomic E-state index is 1.00. The van der Waals surface area contributed by atoms with Crippen LogP contribution < -0.4 is 0 Å². The molecule has 0 nitrogen and oxygen atoms in total. The lowest BCUT2D eigenvalue weighted by molar-refractivity contribution is 0.124. The predicted molar refractivity (Wildman–Crippen MR) is 111 cm³/mol. The van der Waals surface area contributed by atoms with Crippen molar-refractivity contribution in [3.63, 3.8) is 0 Å².